The number of aromatic carboxylic acids is 5. The number of carboxylic acid groups (broad SMARTS) is 5. The second-order valence-electron chi connectivity index (χ2n) is 32.6. The number of methoxy groups -OCH3 is 2. The van der Waals surface area contributed by atoms with E-state index in [1.165, 1.54) is 150 Å². The Morgan fingerprint density at radius 2 is 0.619 bits per heavy atom. The Morgan fingerprint density at radius 3 is 0.959 bits per heavy atom. The van der Waals surface area contributed by atoms with Crippen molar-refractivity contribution >= 4 is 80.0 Å². The van der Waals surface area contributed by atoms with Gasteiger partial charge in [0.15, 0.2) is 11.5 Å². The van der Waals surface area contributed by atoms with Crippen molar-refractivity contribution in [3.63, 3.8) is 0 Å². The Bertz CT molecular complexity index is 7760. The first-order valence-electron chi connectivity index (χ1n) is 44.8. The summed E-state index contributed by atoms with van der Waals surface area (Å²) in [6, 6.07) is 105. The first kappa shape index (κ1) is 109. The molecule has 32 nitrogen and oxygen atoms in total. The van der Waals surface area contributed by atoms with Crippen molar-refractivity contribution in [2.45, 2.75) is 96.3 Å². The second-order valence-corrected chi connectivity index (χ2v) is 42.3. The zero-order chi connectivity index (χ0) is 105. The lowest BCUT2D eigenvalue weighted by molar-refractivity contribution is 0.0686. The van der Waals surface area contributed by atoms with Crippen LogP contribution in [-0.4, -0.2) is 145 Å². The standard InChI is InChI=1S/C23H23NO5S.2C22H18N2O4S.C22H19NO6S.C21H20N2O5S/c1-17(19-6-4-3-5-7-19)24(16-18-8-12-21(29-2)13-9-18)30(27,28)22-14-10-20(11-15-22)23(25)26;23-14-19-8-4-5-9-20(19)16-24(15-17-6-2-1-3-7-17)29(27,28)21-12-10-18(11-13-21)22(25)26;23-14-17-6-8-19(9-7-17)16-24(15-18-4-2-1-3-5-18)29(27,28)21-12-10-20(11-13-21)22(25)26;24-22(25)18-7-9-19(10-8-18)30(26,27)23(13-16-4-2-1-3-5-16)14-17-6-11-20-21(12-17)29-15-28-20;1-28-20-12-7-17(13-22-20)15-23(14-16-5-3-2-4-6-16)29(26,27)19-10-8-18(9-11-19)21(24)25/h3-15,17H,16H2,1-2H3,(H,25,26);2*1-13H,15-16H2,(H,25,26);1-12H,13-15H2,(H,24,25);2-13H,14-15H2,1H3,(H,24,25). The number of rotatable bonds is 37. The Labute approximate surface area is 851 Å². The molecule has 1 aliphatic rings. The number of ether oxygens (including phenoxy) is 4. The summed E-state index contributed by atoms with van der Waals surface area (Å²) in [5.41, 5.74) is 8.76. The minimum atomic E-state index is -3.93. The van der Waals surface area contributed by atoms with Crippen molar-refractivity contribution in [1.29, 1.82) is 10.5 Å². The number of nitriles is 2. The number of nitrogens with zero attached hydrogens (tertiary/aromatic N) is 8. The SMILES string of the molecule is COc1ccc(CN(C(C)c2ccccc2)S(=O)(=O)c2ccc(C(=O)O)cc2)cc1.COc1ccc(CN(Cc2ccccc2)S(=O)(=O)c2ccc(C(=O)O)cc2)cn1.N#Cc1ccc(CN(Cc2ccccc2)S(=O)(=O)c2ccc(C(=O)O)cc2)cc1.N#Cc1ccccc1CN(Cc1ccccc1)S(=O)(=O)c1ccc(C(=O)O)cc1.O=C(O)c1ccc(S(=O)(=O)N(Cc2ccccc2)Cc2ccc3c(c2)OCO3)cc1. The number of pyridine rings is 1. The van der Waals surface area contributed by atoms with Gasteiger partial charge in [-0.15, -0.1) is 0 Å². The topological polar surface area (TPSA) is 471 Å². The first-order chi connectivity index (χ1) is 70.5. The van der Waals surface area contributed by atoms with Crippen molar-refractivity contribution in [1.82, 2.24) is 26.5 Å². The van der Waals surface area contributed by atoms with Gasteiger partial charge in [0.05, 0.1) is 89.8 Å². The van der Waals surface area contributed by atoms with E-state index in [0.717, 1.165) is 44.5 Å². The monoisotopic (exact) mass is 2070 g/mol. The molecule has 1 atom stereocenters. The van der Waals surface area contributed by atoms with Crippen LogP contribution in [0.15, 0.2) is 407 Å². The van der Waals surface area contributed by atoms with Crippen LogP contribution in [0.3, 0.4) is 0 Å². The van der Waals surface area contributed by atoms with Crippen molar-refractivity contribution in [2.75, 3.05) is 21.0 Å². The van der Waals surface area contributed by atoms with E-state index < -0.39 is 86.0 Å². The van der Waals surface area contributed by atoms with Crippen LogP contribution < -0.4 is 18.9 Å². The molecule has 1 unspecified atom stereocenters. The molecule has 752 valence electrons. The van der Waals surface area contributed by atoms with E-state index in [1.807, 2.05) is 177 Å². The maximum absolute atomic E-state index is 13.5. The van der Waals surface area contributed by atoms with Gasteiger partial charge in [0.1, 0.15) is 5.75 Å². The molecule has 147 heavy (non-hydrogen) atoms. The van der Waals surface area contributed by atoms with Crippen molar-refractivity contribution in [2.24, 2.45) is 0 Å². The Kier molecular flexibility index (Phi) is 37.9. The highest BCUT2D eigenvalue weighted by Gasteiger charge is 2.34. The molecule has 0 saturated heterocycles. The molecule has 0 bridgehead atoms. The van der Waals surface area contributed by atoms with E-state index in [-0.39, 0.29) is 118 Å². The minimum Gasteiger partial charge on any atom is -0.497 e. The molecule has 15 aromatic rings. The van der Waals surface area contributed by atoms with Gasteiger partial charge in [0.2, 0.25) is 62.8 Å². The van der Waals surface area contributed by atoms with E-state index in [2.05, 4.69) is 11.1 Å². The molecule has 5 N–H and O–H groups in total. The molecule has 1 aliphatic heterocycles. The summed E-state index contributed by atoms with van der Waals surface area (Å²) >= 11 is 0. The molecule has 0 fully saturated rings. The Balaban J connectivity index is 0.000000163. The number of hydrogen-bond donors (Lipinski definition) is 5. The lowest BCUT2D eigenvalue weighted by Gasteiger charge is -2.29. The van der Waals surface area contributed by atoms with Crippen LogP contribution >= 0.6 is 0 Å². The number of hydrogen-bond acceptors (Lipinski definition) is 22. The van der Waals surface area contributed by atoms with E-state index in [4.69, 9.17) is 49.7 Å². The maximum Gasteiger partial charge on any atom is 0.335 e. The molecule has 0 amide bonds. The van der Waals surface area contributed by atoms with Crippen LogP contribution in [0, 0.1) is 22.7 Å². The fraction of sp³-hybridized carbons (Fsp3) is 0.127. The quantitative estimate of drug-likeness (QED) is 0.0241. The van der Waals surface area contributed by atoms with E-state index in [9.17, 15) is 71.3 Å². The molecular formula is C110H98N8O24S5. The van der Waals surface area contributed by atoms with Crippen LogP contribution in [0.1, 0.15) is 132 Å². The highest BCUT2D eigenvalue weighted by molar-refractivity contribution is 7.90. The molecule has 14 aromatic carbocycles. The van der Waals surface area contributed by atoms with Gasteiger partial charge in [0, 0.05) is 77.2 Å². The van der Waals surface area contributed by atoms with Gasteiger partial charge in [-0.25, -0.2) is 71.0 Å². The van der Waals surface area contributed by atoms with Gasteiger partial charge < -0.3 is 44.5 Å². The zero-order valence-electron chi connectivity index (χ0n) is 79.1. The van der Waals surface area contributed by atoms with Crippen LogP contribution in [-0.2, 0) is 109 Å². The third-order valence-electron chi connectivity index (χ3n) is 22.8. The summed E-state index contributed by atoms with van der Waals surface area (Å²) in [5, 5.41) is 63.6. The van der Waals surface area contributed by atoms with E-state index in [1.54, 1.807) is 104 Å². The van der Waals surface area contributed by atoms with Crippen LogP contribution in [0.2, 0.25) is 0 Å². The zero-order valence-corrected chi connectivity index (χ0v) is 83.2. The number of aromatic nitrogens is 1. The van der Waals surface area contributed by atoms with Gasteiger partial charge in [-0.3, -0.25) is 0 Å². The summed E-state index contributed by atoms with van der Waals surface area (Å²) in [6.07, 6.45) is 1.57. The number of benzene rings is 14. The van der Waals surface area contributed by atoms with Gasteiger partial charge in [0.25, 0.3) is 0 Å². The molecule has 16 rings (SSSR count). The van der Waals surface area contributed by atoms with Gasteiger partial charge >= 0.3 is 29.8 Å². The lowest BCUT2D eigenvalue weighted by atomic mass is 10.1. The smallest absolute Gasteiger partial charge is 0.335 e. The fourth-order valence-electron chi connectivity index (χ4n) is 14.8. The highest BCUT2D eigenvalue weighted by atomic mass is 32.2. The van der Waals surface area contributed by atoms with Crippen LogP contribution in [0.25, 0.3) is 0 Å². The Morgan fingerprint density at radius 1 is 0.320 bits per heavy atom. The van der Waals surface area contributed by atoms with Gasteiger partial charge in [-0.2, -0.15) is 32.0 Å². The van der Waals surface area contributed by atoms with Gasteiger partial charge in [-0.1, -0.05) is 206 Å². The van der Waals surface area contributed by atoms with E-state index >= 15 is 0 Å². The summed E-state index contributed by atoms with van der Waals surface area (Å²) in [7, 11) is -16.4. The highest BCUT2D eigenvalue weighted by Crippen LogP contribution is 2.36. The average molecular weight is 2080 g/mol. The second kappa shape index (κ2) is 51.0. The molecule has 0 radical (unpaired) electrons. The summed E-state index contributed by atoms with van der Waals surface area (Å²) < 4.78 is 161. The molecule has 37 heteroatoms. The lowest BCUT2D eigenvalue weighted by Crippen LogP contribution is -2.33. The normalized spacial score (nSPS) is 11.8. The number of carboxylic acids is 5. The minimum absolute atomic E-state index is 0.00660. The molecule has 2 heterocycles. The predicted octanol–water partition coefficient (Wildman–Crippen LogP) is 18.3. The molecular weight excluding hydrogens is 1980 g/mol. The van der Waals surface area contributed by atoms with Crippen molar-refractivity contribution in [3.05, 3.63) is 477 Å². The number of fused-ring (bicyclic) bond motifs is 1. The summed E-state index contributed by atoms with van der Waals surface area (Å²) in [5.74, 6) is -3.24. The largest absolute Gasteiger partial charge is 0.497 e. The molecule has 0 saturated carbocycles. The Hall–Kier alpha value is -16.7. The first-order valence-corrected chi connectivity index (χ1v) is 52.0. The van der Waals surface area contributed by atoms with Gasteiger partial charge in [-0.05, 0) is 226 Å². The van der Waals surface area contributed by atoms with Crippen LogP contribution in [0.4, 0.5) is 0 Å². The third kappa shape index (κ3) is 29.8. The third-order valence-corrected chi connectivity index (χ3v) is 31.9. The molecule has 1 aromatic heterocycles. The molecule has 0 aliphatic carbocycles. The fourth-order valence-corrected chi connectivity index (χ4v) is 22.0. The maximum atomic E-state index is 13.5. The average Bonchev–Trinajstić information content (AvgIpc) is 1.24. The van der Waals surface area contributed by atoms with Crippen LogP contribution in [0.5, 0.6) is 23.1 Å². The number of sulfonamides is 5. The van der Waals surface area contributed by atoms with E-state index in [0.29, 0.717) is 45.4 Å². The number of carbonyl (C=O) groups is 5. The summed E-state index contributed by atoms with van der Waals surface area (Å²) in [6.45, 7) is 3.09. The van der Waals surface area contributed by atoms with Crippen molar-refractivity contribution < 1.29 is 111 Å². The summed E-state index contributed by atoms with van der Waals surface area (Å²) in [4.78, 5) is 59.6. The van der Waals surface area contributed by atoms with Crippen molar-refractivity contribution in [3.8, 4) is 35.3 Å². The predicted molar refractivity (Wildman–Crippen MR) is 545 cm³/mol. The molecule has 0 spiro atoms.